The molecule has 0 saturated carbocycles. The second-order valence-corrected chi connectivity index (χ2v) is 16.8. The summed E-state index contributed by atoms with van der Waals surface area (Å²) >= 11 is 0. The molecule has 0 fully saturated rings. The van der Waals surface area contributed by atoms with Crippen molar-refractivity contribution in [1.82, 2.24) is 19.6 Å². The number of methoxy groups -OCH3 is 1. The zero-order valence-corrected chi connectivity index (χ0v) is 26.7. The Labute approximate surface area is 253 Å². The van der Waals surface area contributed by atoms with Gasteiger partial charge in [0.1, 0.15) is 35.5 Å². The van der Waals surface area contributed by atoms with Crippen molar-refractivity contribution < 1.29 is 18.3 Å². The van der Waals surface area contributed by atoms with Gasteiger partial charge in [0.2, 0.25) is 0 Å². The molecule has 0 amide bonds. The highest BCUT2D eigenvalue weighted by atomic mass is 28.4. The van der Waals surface area contributed by atoms with E-state index >= 15 is 0 Å². The lowest BCUT2D eigenvalue weighted by Crippen LogP contribution is -2.43. The molecule has 0 spiro atoms. The highest BCUT2D eigenvalue weighted by molar-refractivity contribution is 6.74. The molecule has 1 atom stereocenters. The number of aromatic nitrogens is 4. The number of hydrogen-bond donors (Lipinski definition) is 1. The summed E-state index contributed by atoms with van der Waals surface area (Å²) < 4.78 is 33.8. The van der Waals surface area contributed by atoms with Gasteiger partial charge in [0.05, 0.1) is 31.2 Å². The van der Waals surface area contributed by atoms with Crippen molar-refractivity contribution in [3.05, 3.63) is 96.2 Å². The molecule has 0 saturated heterocycles. The summed E-state index contributed by atoms with van der Waals surface area (Å²) in [6.45, 7) is 13.3. The van der Waals surface area contributed by atoms with E-state index in [1.807, 2.05) is 55.6 Å². The molecule has 0 aliphatic rings. The van der Waals surface area contributed by atoms with Gasteiger partial charge in [-0.1, -0.05) is 32.9 Å². The Balaban J connectivity index is 1.32. The molecule has 0 aliphatic heterocycles. The van der Waals surface area contributed by atoms with E-state index in [2.05, 4.69) is 44.2 Å². The molecule has 5 rings (SSSR count). The first-order valence-electron chi connectivity index (χ1n) is 14.2. The van der Waals surface area contributed by atoms with Crippen molar-refractivity contribution in [1.29, 1.82) is 0 Å². The van der Waals surface area contributed by atoms with E-state index in [9.17, 15) is 4.39 Å². The van der Waals surface area contributed by atoms with Crippen molar-refractivity contribution >= 4 is 19.8 Å². The van der Waals surface area contributed by atoms with Gasteiger partial charge in [-0.05, 0) is 79.2 Å². The van der Waals surface area contributed by atoms with Crippen LogP contribution in [0.5, 0.6) is 17.2 Å². The smallest absolute Gasteiger partial charge is 0.250 e. The lowest BCUT2D eigenvalue weighted by Gasteiger charge is -2.36. The maximum atomic E-state index is 14.3. The normalized spacial score (nSPS) is 12.7. The summed E-state index contributed by atoms with van der Waals surface area (Å²) in [5.41, 5.74) is 3.95. The molecule has 10 heteroatoms. The molecule has 2 aromatic carbocycles. The Kier molecular flexibility index (Phi) is 8.41. The summed E-state index contributed by atoms with van der Waals surface area (Å²) in [4.78, 5) is 9.16. The second kappa shape index (κ2) is 12.0. The molecule has 224 valence electrons. The van der Waals surface area contributed by atoms with Gasteiger partial charge < -0.3 is 19.2 Å². The van der Waals surface area contributed by atoms with Crippen molar-refractivity contribution in [3.8, 4) is 28.5 Å². The maximum Gasteiger partial charge on any atom is 0.250 e. The largest absolute Gasteiger partial charge is 0.542 e. The second-order valence-electron chi connectivity index (χ2n) is 12.1. The Morgan fingerprint density at radius 1 is 0.977 bits per heavy atom. The predicted octanol–water partition coefficient (Wildman–Crippen LogP) is 8.08. The minimum absolute atomic E-state index is 0.0749. The predicted molar refractivity (Wildman–Crippen MR) is 170 cm³/mol. The van der Waals surface area contributed by atoms with Crippen LogP contribution in [-0.2, 0) is 6.61 Å². The van der Waals surface area contributed by atoms with E-state index < -0.39 is 8.32 Å². The van der Waals surface area contributed by atoms with Gasteiger partial charge in [-0.15, -0.1) is 5.10 Å². The van der Waals surface area contributed by atoms with Gasteiger partial charge in [-0.3, -0.25) is 4.98 Å². The van der Waals surface area contributed by atoms with Gasteiger partial charge in [-0.25, -0.2) is 13.9 Å². The third-order valence-corrected chi connectivity index (χ3v) is 12.2. The van der Waals surface area contributed by atoms with Crippen molar-refractivity contribution in [2.45, 2.75) is 58.5 Å². The van der Waals surface area contributed by atoms with Crippen LogP contribution in [0.1, 0.15) is 44.9 Å². The summed E-state index contributed by atoms with van der Waals surface area (Å²) in [5, 5.41) is 8.17. The number of nitrogens with zero attached hydrogens (tertiary/aromatic N) is 4. The number of anilines is 1. The highest BCUT2D eigenvalue weighted by Crippen LogP contribution is 2.38. The number of nitrogens with one attached hydrogen (secondary N) is 1. The molecule has 3 aromatic heterocycles. The number of hydrogen-bond acceptors (Lipinski definition) is 7. The number of ether oxygens (including phenoxy) is 2. The van der Waals surface area contributed by atoms with Crippen molar-refractivity contribution in [2.75, 3.05) is 12.4 Å². The first kappa shape index (κ1) is 30.0. The van der Waals surface area contributed by atoms with Crippen LogP contribution in [0.3, 0.4) is 0 Å². The average Bonchev–Trinajstić information content (AvgIpc) is 3.40. The summed E-state index contributed by atoms with van der Waals surface area (Å²) in [7, 11) is -0.380. The van der Waals surface area contributed by atoms with Gasteiger partial charge in [-0.2, -0.15) is 0 Å². The molecule has 3 heterocycles. The van der Waals surface area contributed by atoms with Crippen LogP contribution >= 0.6 is 0 Å². The summed E-state index contributed by atoms with van der Waals surface area (Å²) in [5.74, 6) is 2.39. The zero-order chi connectivity index (χ0) is 30.8. The van der Waals surface area contributed by atoms with E-state index in [-0.39, 0.29) is 16.9 Å². The van der Waals surface area contributed by atoms with Crippen molar-refractivity contribution in [3.63, 3.8) is 0 Å². The van der Waals surface area contributed by atoms with E-state index in [0.29, 0.717) is 29.4 Å². The van der Waals surface area contributed by atoms with Crippen LogP contribution in [0, 0.1) is 5.82 Å². The van der Waals surface area contributed by atoms with E-state index in [4.69, 9.17) is 24.0 Å². The fourth-order valence-corrected chi connectivity index (χ4v) is 5.34. The van der Waals surface area contributed by atoms with E-state index in [1.165, 1.54) is 12.1 Å². The Hall–Kier alpha value is -4.44. The topological polar surface area (TPSA) is 82.8 Å². The zero-order valence-electron chi connectivity index (χ0n) is 25.7. The molecule has 0 aliphatic carbocycles. The molecule has 1 unspecified atom stereocenters. The first-order chi connectivity index (χ1) is 20.4. The number of rotatable bonds is 10. The lowest BCUT2D eigenvalue weighted by atomic mass is 10.1. The molecule has 0 radical (unpaired) electrons. The van der Waals surface area contributed by atoms with Crippen LogP contribution in [0.2, 0.25) is 18.1 Å². The average molecular weight is 600 g/mol. The molecule has 0 bridgehead atoms. The quantitative estimate of drug-likeness (QED) is 0.163. The molecule has 8 nitrogen and oxygen atoms in total. The fraction of sp³-hybridized carbons (Fsp3) is 0.303. The van der Waals surface area contributed by atoms with E-state index in [1.54, 1.807) is 30.1 Å². The van der Waals surface area contributed by atoms with Gasteiger partial charge in [0, 0.05) is 17.3 Å². The standard InChI is InChI=1S/C33H38FN5O3Si/c1-22(28-17-25(34)10-13-30(28)41-21-23-8-11-26(40-5)12-9-23)36-31-14-15-32-37-29(20-39(32)38-31)24-16-27(19-35-18-24)42-43(6,7)33(2,3)4/h8-20,22H,21H2,1-7H3,(H,36,38). The molecular weight excluding hydrogens is 561 g/mol. The molecule has 43 heavy (non-hydrogen) atoms. The van der Waals surface area contributed by atoms with Crippen molar-refractivity contribution in [2.24, 2.45) is 0 Å². The van der Waals surface area contributed by atoms with Gasteiger partial charge >= 0.3 is 0 Å². The SMILES string of the molecule is COc1ccc(COc2ccc(F)cc2C(C)Nc2ccc3nc(-c4cncc(O[Si](C)(C)C(C)(C)C)c4)cn3n2)cc1. The monoisotopic (exact) mass is 599 g/mol. The number of halogens is 1. The Morgan fingerprint density at radius 2 is 1.74 bits per heavy atom. The summed E-state index contributed by atoms with van der Waals surface area (Å²) in [6.07, 6.45) is 5.39. The summed E-state index contributed by atoms with van der Waals surface area (Å²) in [6, 6.07) is 17.6. The molecule has 1 N–H and O–H groups in total. The molecule has 5 aromatic rings. The minimum atomic E-state index is -2.01. The maximum absolute atomic E-state index is 14.3. The highest BCUT2D eigenvalue weighted by Gasteiger charge is 2.39. The van der Waals surface area contributed by atoms with Crippen LogP contribution in [-0.4, -0.2) is 35.0 Å². The number of fused-ring (bicyclic) bond motifs is 1. The van der Waals surface area contributed by atoms with E-state index in [0.717, 1.165) is 28.3 Å². The van der Waals surface area contributed by atoms with Crippen LogP contribution < -0.4 is 19.2 Å². The molecular formula is C33H38FN5O3Si. The Bertz CT molecular complexity index is 1720. The number of imidazole rings is 1. The third kappa shape index (κ3) is 6.97. The van der Waals surface area contributed by atoms with Gasteiger partial charge in [0.15, 0.2) is 5.65 Å². The lowest BCUT2D eigenvalue weighted by molar-refractivity contribution is 0.301. The van der Waals surface area contributed by atoms with Crippen LogP contribution in [0.25, 0.3) is 16.9 Å². The number of pyridine rings is 1. The Morgan fingerprint density at radius 3 is 2.47 bits per heavy atom. The van der Waals surface area contributed by atoms with Gasteiger partial charge in [0.25, 0.3) is 8.32 Å². The minimum Gasteiger partial charge on any atom is -0.542 e. The first-order valence-corrected chi connectivity index (χ1v) is 17.2. The third-order valence-electron chi connectivity index (χ3n) is 7.86. The van der Waals surface area contributed by atoms with Crippen LogP contribution in [0.4, 0.5) is 10.2 Å². The van der Waals surface area contributed by atoms with Crippen LogP contribution in [0.15, 0.2) is 79.3 Å². The number of benzene rings is 2. The fourth-order valence-electron chi connectivity index (χ4n) is 4.33.